The fraction of sp³-hybridized carbons (Fsp3) is 0.0667. The number of anilines is 1. The van der Waals surface area contributed by atoms with Crippen LogP contribution in [0.5, 0.6) is 0 Å². The zero-order valence-corrected chi connectivity index (χ0v) is 14.0. The van der Waals surface area contributed by atoms with E-state index in [9.17, 15) is 22.8 Å². The molecule has 2 aromatic rings. The lowest BCUT2D eigenvalue weighted by Gasteiger charge is -2.19. The molecule has 0 atom stereocenters. The third-order valence-electron chi connectivity index (χ3n) is 3.38. The first-order chi connectivity index (χ1) is 10.7. The molecule has 0 aromatic heterocycles. The third kappa shape index (κ3) is 2.61. The fourth-order valence-electron chi connectivity index (χ4n) is 2.33. The zero-order chi connectivity index (χ0) is 16.9. The van der Waals surface area contributed by atoms with Crippen molar-refractivity contribution < 1.29 is 22.8 Å². The lowest BCUT2D eigenvalue weighted by Crippen LogP contribution is -2.30. The summed E-state index contributed by atoms with van der Waals surface area (Å²) in [6.07, 6.45) is -4.69. The van der Waals surface area contributed by atoms with E-state index in [1.54, 1.807) is 34.7 Å². The molecule has 0 N–H and O–H groups in total. The minimum atomic E-state index is -4.69. The molecule has 8 heteroatoms. The summed E-state index contributed by atoms with van der Waals surface area (Å²) in [6.45, 7) is 0. The molecule has 1 heterocycles. The van der Waals surface area contributed by atoms with Crippen molar-refractivity contribution in [2.75, 3.05) is 4.90 Å². The number of amides is 2. The Morgan fingerprint density at radius 1 is 1.00 bits per heavy atom. The van der Waals surface area contributed by atoms with Gasteiger partial charge >= 0.3 is 6.18 Å². The van der Waals surface area contributed by atoms with Crippen LogP contribution in [-0.4, -0.2) is 11.8 Å². The fourth-order valence-corrected chi connectivity index (χ4v) is 3.50. The molecule has 0 bridgehead atoms. The van der Waals surface area contributed by atoms with Crippen molar-refractivity contribution in [1.29, 1.82) is 0 Å². The van der Waals surface area contributed by atoms with Gasteiger partial charge in [0.2, 0.25) is 0 Å². The first-order valence-corrected chi connectivity index (χ1v) is 7.71. The van der Waals surface area contributed by atoms with Crippen LogP contribution >= 0.6 is 34.2 Å². The van der Waals surface area contributed by atoms with Crippen molar-refractivity contribution >= 4 is 51.7 Å². The zero-order valence-electron chi connectivity index (χ0n) is 11.1. The number of hydrogen-bond donors (Lipinski definition) is 0. The highest BCUT2D eigenvalue weighted by atomic mass is 127. The Balaban J connectivity index is 2.18. The van der Waals surface area contributed by atoms with Crippen molar-refractivity contribution in [2.45, 2.75) is 6.18 Å². The molecule has 0 saturated heterocycles. The largest absolute Gasteiger partial charge is 0.417 e. The van der Waals surface area contributed by atoms with Crippen LogP contribution in [0.15, 0.2) is 36.4 Å². The van der Waals surface area contributed by atoms with Gasteiger partial charge in [0.05, 0.1) is 27.4 Å². The summed E-state index contributed by atoms with van der Waals surface area (Å²) >= 11 is 7.38. The van der Waals surface area contributed by atoms with Crippen molar-refractivity contribution in [3.05, 3.63) is 61.7 Å². The second-order valence-corrected chi connectivity index (χ2v) is 6.34. The van der Waals surface area contributed by atoms with E-state index < -0.39 is 28.6 Å². The number of carbonyl (C=O) groups is 2. The summed E-state index contributed by atoms with van der Waals surface area (Å²) in [4.78, 5) is 25.5. The van der Waals surface area contributed by atoms with Crippen molar-refractivity contribution in [1.82, 2.24) is 0 Å². The quantitative estimate of drug-likeness (QED) is 0.463. The van der Waals surface area contributed by atoms with Crippen molar-refractivity contribution in [3.8, 4) is 0 Å². The highest BCUT2D eigenvalue weighted by molar-refractivity contribution is 14.1. The predicted molar refractivity (Wildman–Crippen MR) is 86.8 cm³/mol. The highest BCUT2D eigenvalue weighted by Crippen LogP contribution is 2.40. The van der Waals surface area contributed by atoms with Gasteiger partial charge in [0.25, 0.3) is 11.8 Å². The molecule has 0 saturated carbocycles. The van der Waals surface area contributed by atoms with Gasteiger partial charge in [-0.3, -0.25) is 9.59 Å². The second kappa shape index (κ2) is 5.48. The van der Waals surface area contributed by atoms with E-state index in [-0.39, 0.29) is 20.4 Å². The number of halogens is 5. The second-order valence-electron chi connectivity index (χ2n) is 4.77. The van der Waals surface area contributed by atoms with Gasteiger partial charge in [-0.15, -0.1) is 0 Å². The van der Waals surface area contributed by atoms with Crippen molar-refractivity contribution in [2.24, 2.45) is 0 Å². The molecule has 23 heavy (non-hydrogen) atoms. The van der Waals surface area contributed by atoms with Crippen LogP contribution < -0.4 is 4.90 Å². The standard InChI is InChI=1S/C15H6ClF3INO2/c16-10-6-11(20)12(5-9(10)15(17,18)19)21-13(22)7-3-1-2-4-8(7)14(21)23/h1-6H. The van der Waals surface area contributed by atoms with Crippen LogP contribution in [-0.2, 0) is 6.18 Å². The number of rotatable bonds is 1. The maximum absolute atomic E-state index is 13.0. The number of hydrogen-bond acceptors (Lipinski definition) is 2. The van der Waals surface area contributed by atoms with Gasteiger partial charge in [0.1, 0.15) is 0 Å². The average molecular weight is 452 g/mol. The summed E-state index contributed by atoms with van der Waals surface area (Å²) in [5, 5.41) is -0.484. The Morgan fingerprint density at radius 3 is 2.00 bits per heavy atom. The van der Waals surface area contributed by atoms with Crippen LogP contribution in [0.3, 0.4) is 0 Å². The Morgan fingerprint density at radius 2 is 1.52 bits per heavy atom. The maximum atomic E-state index is 13.0. The molecule has 118 valence electrons. The molecule has 3 nitrogen and oxygen atoms in total. The summed E-state index contributed by atoms with van der Waals surface area (Å²) in [7, 11) is 0. The average Bonchev–Trinajstić information content (AvgIpc) is 2.71. The highest BCUT2D eigenvalue weighted by Gasteiger charge is 2.40. The number of nitrogens with zero attached hydrogens (tertiary/aromatic N) is 1. The number of benzene rings is 2. The number of carbonyl (C=O) groups excluding carboxylic acids is 2. The Hall–Kier alpha value is -1.61. The molecule has 1 aliphatic heterocycles. The molecule has 0 fully saturated rings. The molecule has 3 rings (SSSR count). The van der Waals surface area contributed by atoms with E-state index in [2.05, 4.69) is 0 Å². The molecule has 0 radical (unpaired) electrons. The summed E-state index contributed by atoms with van der Waals surface area (Å²) in [5.74, 6) is -1.31. The van der Waals surface area contributed by atoms with Gasteiger partial charge in [-0.05, 0) is 46.9 Å². The Kier molecular flexibility index (Phi) is 3.88. The molecule has 0 unspecified atom stereocenters. The molecule has 1 aliphatic rings. The van der Waals surface area contributed by atoms with E-state index in [0.29, 0.717) is 0 Å². The Bertz CT molecular complexity index is 816. The van der Waals surface area contributed by atoms with E-state index >= 15 is 0 Å². The molecule has 2 amide bonds. The van der Waals surface area contributed by atoms with E-state index in [0.717, 1.165) is 17.0 Å². The summed E-state index contributed by atoms with van der Waals surface area (Å²) in [5.41, 5.74) is -0.895. The van der Waals surface area contributed by atoms with Gasteiger partial charge < -0.3 is 0 Å². The van der Waals surface area contributed by atoms with Crippen molar-refractivity contribution in [3.63, 3.8) is 0 Å². The molecular weight excluding hydrogens is 446 g/mol. The van der Waals surface area contributed by atoms with E-state index in [4.69, 9.17) is 11.6 Å². The molecule has 2 aromatic carbocycles. The summed E-state index contributed by atoms with van der Waals surface area (Å²) in [6, 6.07) is 7.91. The predicted octanol–water partition coefficient (Wildman–Crippen LogP) is 4.76. The van der Waals surface area contributed by atoms with Gasteiger partial charge in [-0.1, -0.05) is 23.7 Å². The van der Waals surface area contributed by atoms with Gasteiger partial charge in [-0.25, -0.2) is 4.90 Å². The SMILES string of the molecule is O=C1c2ccccc2C(=O)N1c1cc(C(F)(F)F)c(Cl)cc1I. The molecule has 0 spiro atoms. The smallest absolute Gasteiger partial charge is 0.268 e. The lowest BCUT2D eigenvalue weighted by molar-refractivity contribution is -0.137. The minimum absolute atomic E-state index is 0.131. The topological polar surface area (TPSA) is 37.4 Å². The first kappa shape index (κ1) is 16.3. The maximum Gasteiger partial charge on any atom is 0.417 e. The third-order valence-corrected chi connectivity index (χ3v) is 4.55. The number of imide groups is 1. The normalized spacial score (nSPS) is 14.4. The number of alkyl halides is 3. The summed E-state index contributed by atoms with van der Waals surface area (Å²) < 4.78 is 39.4. The number of fused-ring (bicyclic) bond motifs is 1. The first-order valence-electron chi connectivity index (χ1n) is 6.26. The molecular formula is C15H6ClF3INO2. The molecule has 0 aliphatic carbocycles. The van der Waals surface area contributed by atoms with E-state index in [1.165, 1.54) is 12.1 Å². The van der Waals surface area contributed by atoms with Crippen LogP contribution in [0.1, 0.15) is 26.3 Å². The minimum Gasteiger partial charge on any atom is -0.268 e. The van der Waals surface area contributed by atoms with Gasteiger partial charge in [-0.2, -0.15) is 13.2 Å². The van der Waals surface area contributed by atoms with Crippen LogP contribution in [0.25, 0.3) is 0 Å². The van der Waals surface area contributed by atoms with Crippen LogP contribution in [0, 0.1) is 3.57 Å². The lowest BCUT2D eigenvalue weighted by atomic mass is 10.1. The van der Waals surface area contributed by atoms with Gasteiger partial charge in [0, 0.05) is 3.57 Å². The monoisotopic (exact) mass is 451 g/mol. The van der Waals surface area contributed by atoms with Crippen LogP contribution in [0.4, 0.5) is 18.9 Å². The van der Waals surface area contributed by atoms with E-state index in [1.807, 2.05) is 0 Å². The van der Waals surface area contributed by atoms with Gasteiger partial charge in [0.15, 0.2) is 0 Å². The van der Waals surface area contributed by atoms with Crippen LogP contribution in [0.2, 0.25) is 5.02 Å². The Labute approximate surface area is 147 Å².